The summed E-state index contributed by atoms with van der Waals surface area (Å²) in [7, 11) is 1.39. The fraction of sp³-hybridized carbons (Fsp3) is 0.308. The molecule has 0 unspecified atom stereocenters. The molecule has 1 heterocycles. The molecule has 0 saturated heterocycles. The molecule has 17 heavy (non-hydrogen) atoms. The van der Waals surface area contributed by atoms with Gasteiger partial charge in [-0.2, -0.15) is 0 Å². The number of aromatic nitrogens is 1. The summed E-state index contributed by atoms with van der Waals surface area (Å²) in [5.41, 5.74) is 2.24. The molecular formula is C13H16N2O2. The predicted octanol–water partition coefficient (Wildman–Crippen LogP) is 1.82. The first-order valence-corrected chi connectivity index (χ1v) is 5.58. The standard InChI is InChI=1S/C13H16N2O2/c1-9(13(16)17-2)15-8-10-3-4-11-5-6-14-12(11)7-10/h3-7,9,14-15H,8H2,1-2H3/t9-/m0/s1. The summed E-state index contributed by atoms with van der Waals surface area (Å²) < 4.78 is 4.65. The molecule has 1 aromatic heterocycles. The van der Waals surface area contributed by atoms with Gasteiger partial charge in [-0.05, 0) is 30.0 Å². The molecule has 1 atom stereocenters. The van der Waals surface area contributed by atoms with Crippen LogP contribution in [0.2, 0.25) is 0 Å². The van der Waals surface area contributed by atoms with Crippen LogP contribution >= 0.6 is 0 Å². The van der Waals surface area contributed by atoms with Crippen LogP contribution in [0.15, 0.2) is 30.5 Å². The second kappa shape index (κ2) is 5.01. The molecule has 2 aromatic rings. The van der Waals surface area contributed by atoms with Crippen LogP contribution in [0.3, 0.4) is 0 Å². The molecule has 0 saturated carbocycles. The minimum absolute atomic E-state index is 0.244. The summed E-state index contributed by atoms with van der Waals surface area (Å²) in [5, 5.41) is 4.31. The molecule has 0 aliphatic rings. The summed E-state index contributed by atoms with van der Waals surface area (Å²) in [6.07, 6.45) is 1.92. The van der Waals surface area contributed by atoms with Crippen LogP contribution in [0.5, 0.6) is 0 Å². The van der Waals surface area contributed by atoms with E-state index in [1.54, 1.807) is 6.92 Å². The van der Waals surface area contributed by atoms with Gasteiger partial charge in [-0.25, -0.2) is 0 Å². The third-order valence-electron chi connectivity index (χ3n) is 2.79. The summed E-state index contributed by atoms with van der Waals surface area (Å²) in [6, 6.07) is 7.92. The third kappa shape index (κ3) is 2.65. The highest BCUT2D eigenvalue weighted by atomic mass is 16.5. The lowest BCUT2D eigenvalue weighted by Gasteiger charge is -2.11. The Morgan fingerprint density at radius 3 is 3.06 bits per heavy atom. The van der Waals surface area contributed by atoms with Gasteiger partial charge in [0.15, 0.2) is 0 Å². The molecule has 0 amide bonds. The van der Waals surface area contributed by atoms with Crippen LogP contribution in [0.4, 0.5) is 0 Å². The van der Waals surface area contributed by atoms with Crippen molar-refractivity contribution < 1.29 is 9.53 Å². The maximum atomic E-state index is 11.2. The molecule has 0 fully saturated rings. The molecule has 0 aliphatic carbocycles. The number of esters is 1. The van der Waals surface area contributed by atoms with Crippen LogP contribution in [0.1, 0.15) is 12.5 Å². The Balaban J connectivity index is 2.01. The lowest BCUT2D eigenvalue weighted by atomic mass is 10.1. The minimum Gasteiger partial charge on any atom is -0.468 e. The maximum absolute atomic E-state index is 11.2. The van der Waals surface area contributed by atoms with Gasteiger partial charge in [0.05, 0.1) is 7.11 Å². The van der Waals surface area contributed by atoms with Crippen molar-refractivity contribution in [1.82, 2.24) is 10.3 Å². The van der Waals surface area contributed by atoms with E-state index < -0.39 is 0 Å². The van der Waals surface area contributed by atoms with E-state index in [1.165, 1.54) is 12.5 Å². The molecule has 0 aliphatic heterocycles. The van der Waals surface area contributed by atoms with Crippen molar-refractivity contribution in [2.24, 2.45) is 0 Å². The highest BCUT2D eigenvalue weighted by Crippen LogP contribution is 2.14. The Morgan fingerprint density at radius 1 is 1.47 bits per heavy atom. The number of carbonyl (C=O) groups excluding carboxylic acids is 1. The summed E-state index contributed by atoms with van der Waals surface area (Å²) in [6.45, 7) is 2.43. The van der Waals surface area contributed by atoms with Gasteiger partial charge in [-0.3, -0.25) is 4.79 Å². The molecule has 0 radical (unpaired) electrons. The fourth-order valence-electron chi connectivity index (χ4n) is 1.74. The van der Waals surface area contributed by atoms with Crippen LogP contribution in [0.25, 0.3) is 10.9 Å². The van der Waals surface area contributed by atoms with E-state index in [0.29, 0.717) is 6.54 Å². The third-order valence-corrected chi connectivity index (χ3v) is 2.79. The minimum atomic E-state index is -0.292. The van der Waals surface area contributed by atoms with Crippen LogP contribution in [-0.2, 0) is 16.1 Å². The van der Waals surface area contributed by atoms with Crippen LogP contribution in [-0.4, -0.2) is 24.1 Å². The molecule has 4 heteroatoms. The normalized spacial score (nSPS) is 12.6. The van der Waals surface area contributed by atoms with E-state index in [9.17, 15) is 4.79 Å². The number of rotatable bonds is 4. The molecule has 1 aromatic carbocycles. The second-order valence-electron chi connectivity index (χ2n) is 4.03. The Bertz CT molecular complexity index is 519. The maximum Gasteiger partial charge on any atom is 0.322 e. The van der Waals surface area contributed by atoms with Crippen molar-refractivity contribution in [2.45, 2.75) is 19.5 Å². The average molecular weight is 232 g/mol. The SMILES string of the molecule is COC(=O)[C@H](C)NCc1ccc2cc[nH]c2c1. The molecule has 2 rings (SSSR count). The molecular weight excluding hydrogens is 216 g/mol. The van der Waals surface area contributed by atoms with E-state index >= 15 is 0 Å². The number of fused-ring (bicyclic) bond motifs is 1. The van der Waals surface area contributed by atoms with Gasteiger partial charge < -0.3 is 15.0 Å². The number of benzene rings is 1. The van der Waals surface area contributed by atoms with Crippen molar-refractivity contribution in [3.63, 3.8) is 0 Å². The first-order valence-electron chi connectivity index (χ1n) is 5.58. The Hall–Kier alpha value is -1.81. The molecule has 4 nitrogen and oxygen atoms in total. The zero-order chi connectivity index (χ0) is 12.3. The predicted molar refractivity (Wildman–Crippen MR) is 66.6 cm³/mol. The quantitative estimate of drug-likeness (QED) is 0.791. The van der Waals surface area contributed by atoms with E-state index in [0.717, 1.165) is 11.1 Å². The van der Waals surface area contributed by atoms with Gasteiger partial charge in [0.2, 0.25) is 0 Å². The van der Waals surface area contributed by atoms with Gasteiger partial charge in [0.25, 0.3) is 0 Å². The Kier molecular flexibility index (Phi) is 3.44. The molecule has 90 valence electrons. The lowest BCUT2D eigenvalue weighted by molar-refractivity contribution is -0.142. The number of hydrogen-bond donors (Lipinski definition) is 2. The number of methoxy groups -OCH3 is 1. The van der Waals surface area contributed by atoms with Crippen molar-refractivity contribution in [3.8, 4) is 0 Å². The number of H-pyrrole nitrogens is 1. The van der Waals surface area contributed by atoms with Gasteiger partial charge >= 0.3 is 5.97 Å². The van der Waals surface area contributed by atoms with E-state index in [2.05, 4.69) is 27.2 Å². The summed E-state index contributed by atoms with van der Waals surface area (Å²) in [5.74, 6) is -0.244. The highest BCUT2D eigenvalue weighted by molar-refractivity contribution is 5.80. The first kappa shape index (κ1) is 11.7. The lowest BCUT2D eigenvalue weighted by Crippen LogP contribution is -2.34. The summed E-state index contributed by atoms with van der Waals surface area (Å²) >= 11 is 0. The van der Waals surface area contributed by atoms with Gasteiger partial charge in [-0.1, -0.05) is 12.1 Å². The number of nitrogens with one attached hydrogen (secondary N) is 2. The molecule has 0 bridgehead atoms. The average Bonchev–Trinajstić information content (AvgIpc) is 2.82. The Morgan fingerprint density at radius 2 is 2.29 bits per heavy atom. The number of carbonyl (C=O) groups is 1. The van der Waals surface area contributed by atoms with Gasteiger partial charge in [0.1, 0.15) is 6.04 Å². The largest absolute Gasteiger partial charge is 0.468 e. The summed E-state index contributed by atoms with van der Waals surface area (Å²) in [4.78, 5) is 14.4. The fourth-order valence-corrected chi connectivity index (χ4v) is 1.74. The van der Waals surface area contributed by atoms with E-state index in [-0.39, 0.29) is 12.0 Å². The monoisotopic (exact) mass is 232 g/mol. The van der Waals surface area contributed by atoms with Crippen molar-refractivity contribution in [2.75, 3.05) is 7.11 Å². The van der Waals surface area contributed by atoms with Crippen LogP contribution < -0.4 is 5.32 Å². The van der Waals surface area contributed by atoms with Crippen molar-refractivity contribution >= 4 is 16.9 Å². The molecule has 0 spiro atoms. The zero-order valence-electron chi connectivity index (χ0n) is 9.99. The van der Waals surface area contributed by atoms with Crippen molar-refractivity contribution in [3.05, 3.63) is 36.0 Å². The van der Waals surface area contributed by atoms with Crippen LogP contribution in [0, 0.1) is 0 Å². The number of aromatic amines is 1. The first-order chi connectivity index (χ1) is 8.20. The van der Waals surface area contributed by atoms with E-state index in [1.807, 2.05) is 18.3 Å². The smallest absolute Gasteiger partial charge is 0.322 e. The second-order valence-corrected chi connectivity index (χ2v) is 4.03. The number of ether oxygens (including phenoxy) is 1. The number of hydrogen-bond acceptors (Lipinski definition) is 3. The zero-order valence-corrected chi connectivity index (χ0v) is 9.99. The van der Waals surface area contributed by atoms with E-state index in [4.69, 9.17) is 0 Å². The molecule has 2 N–H and O–H groups in total. The highest BCUT2D eigenvalue weighted by Gasteiger charge is 2.11. The van der Waals surface area contributed by atoms with Gasteiger partial charge in [-0.15, -0.1) is 0 Å². The van der Waals surface area contributed by atoms with Gasteiger partial charge in [0, 0.05) is 18.3 Å². The topological polar surface area (TPSA) is 54.1 Å². The van der Waals surface area contributed by atoms with Crippen molar-refractivity contribution in [1.29, 1.82) is 0 Å². The Labute approximate surface area is 100.0 Å².